The van der Waals surface area contributed by atoms with Crippen LogP contribution in [0.1, 0.15) is 44.9 Å². The molecule has 0 unspecified atom stereocenters. The van der Waals surface area contributed by atoms with E-state index >= 15 is 0 Å². The number of nitrogens with one attached hydrogen (secondary N) is 1. The van der Waals surface area contributed by atoms with Crippen LogP contribution in [0.15, 0.2) is 18.6 Å². The first-order chi connectivity index (χ1) is 9.79. The van der Waals surface area contributed by atoms with Gasteiger partial charge in [0.05, 0.1) is 6.20 Å². The van der Waals surface area contributed by atoms with Crippen LogP contribution < -0.4 is 10.1 Å². The molecule has 3 rings (SSSR count). The van der Waals surface area contributed by atoms with Crippen molar-refractivity contribution in [2.24, 2.45) is 5.92 Å². The van der Waals surface area contributed by atoms with Crippen LogP contribution in [0.3, 0.4) is 0 Å². The van der Waals surface area contributed by atoms with Gasteiger partial charge in [0.2, 0.25) is 11.8 Å². The molecule has 1 aromatic rings. The Morgan fingerprint density at radius 3 is 2.65 bits per heavy atom. The molecule has 0 saturated heterocycles. The van der Waals surface area contributed by atoms with Gasteiger partial charge in [-0.1, -0.05) is 0 Å². The summed E-state index contributed by atoms with van der Waals surface area (Å²) >= 11 is 0. The molecule has 2 aliphatic rings. The molecular weight excluding hydrogens is 254 g/mol. The zero-order chi connectivity index (χ0) is 13.8. The summed E-state index contributed by atoms with van der Waals surface area (Å²) in [6.07, 6.45) is 12.2. The maximum Gasteiger partial charge on any atom is 0.232 e. The summed E-state index contributed by atoms with van der Waals surface area (Å²) in [4.78, 5) is 19.9. The first-order valence-electron chi connectivity index (χ1n) is 7.51. The summed E-state index contributed by atoms with van der Waals surface area (Å²) < 4.78 is 5.80. The predicted octanol–water partition coefficient (Wildman–Crippen LogP) is 2.08. The molecule has 1 N–H and O–H groups in total. The van der Waals surface area contributed by atoms with Crippen LogP contribution >= 0.6 is 0 Å². The van der Waals surface area contributed by atoms with Crippen molar-refractivity contribution in [2.45, 2.75) is 57.1 Å². The lowest BCUT2D eigenvalue weighted by Gasteiger charge is -2.29. The second kappa shape index (κ2) is 6.20. The normalized spacial score (nSPS) is 26.0. The van der Waals surface area contributed by atoms with Gasteiger partial charge in [0.15, 0.2) is 0 Å². The molecule has 1 aromatic heterocycles. The standard InChI is InChI=1S/C15H21N3O2/c19-14(9-11-1-2-11)18-12-3-5-13(6-4-12)20-15-10-16-7-8-17-15/h7-8,10-13H,1-6,9H2,(H,18,19). The van der Waals surface area contributed by atoms with Crippen LogP contribution in [0, 0.1) is 5.92 Å². The molecule has 2 aliphatic carbocycles. The Bertz CT molecular complexity index is 440. The molecule has 0 spiro atoms. The van der Waals surface area contributed by atoms with Gasteiger partial charge in [0.25, 0.3) is 0 Å². The Balaban J connectivity index is 1.39. The first kappa shape index (κ1) is 13.3. The number of rotatable bonds is 5. The molecule has 0 atom stereocenters. The van der Waals surface area contributed by atoms with Crippen LogP contribution in [0.5, 0.6) is 5.88 Å². The molecule has 2 fully saturated rings. The van der Waals surface area contributed by atoms with Gasteiger partial charge in [-0.25, -0.2) is 4.98 Å². The lowest BCUT2D eigenvalue weighted by atomic mass is 9.93. The molecule has 0 aromatic carbocycles. The van der Waals surface area contributed by atoms with E-state index in [-0.39, 0.29) is 12.0 Å². The minimum Gasteiger partial charge on any atom is -0.473 e. The summed E-state index contributed by atoms with van der Waals surface area (Å²) in [6.45, 7) is 0. The van der Waals surface area contributed by atoms with E-state index in [2.05, 4.69) is 15.3 Å². The Kier molecular flexibility index (Phi) is 4.14. The molecule has 1 heterocycles. The van der Waals surface area contributed by atoms with Gasteiger partial charge in [0.1, 0.15) is 6.10 Å². The van der Waals surface area contributed by atoms with Crippen LogP contribution in [0.4, 0.5) is 0 Å². The summed E-state index contributed by atoms with van der Waals surface area (Å²) in [7, 11) is 0. The minimum absolute atomic E-state index is 0.197. The van der Waals surface area contributed by atoms with Crippen molar-refractivity contribution in [3.05, 3.63) is 18.6 Å². The smallest absolute Gasteiger partial charge is 0.232 e. The van der Waals surface area contributed by atoms with E-state index in [0.29, 0.717) is 17.8 Å². The largest absolute Gasteiger partial charge is 0.473 e. The van der Waals surface area contributed by atoms with Crippen molar-refractivity contribution in [1.82, 2.24) is 15.3 Å². The Morgan fingerprint density at radius 1 is 1.20 bits per heavy atom. The van der Waals surface area contributed by atoms with Gasteiger partial charge in [-0.3, -0.25) is 9.78 Å². The van der Waals surface area contributed by atoms with Crippen molar-refractivity contribution in [3.8, 4) is 5.88 Å². The zero-order valence-corrected chi connectivity index (χ0v) is 11.6. The lowest BCUT2D eigenvalue weighted by molar-refractivity contribution is -0.122. The quantitative estimate of drug-likeness (QED) is 0.893. The van der Waals surface area contributed by atoms with Gasteiger partial charge < -0.3 is 10.1 Å². The lowest BCUT2D eigenvalue weighted by Crippen LogP contribution is -2.39. The van der Waals surface area contributed by atoms with Crippen molar-refractivity contribution >= 4 is 5.91 Å². The number of amides is 1. The monoisotopic (exact) mass is 275 g/mol. The van der Waals surface area contributed by atoms with E-state index < -0.39 is 0 Å². The molecular formula is C15H21N3O2. The molecule has 2 saturated carbocycles. The Morgan fingerprint density at radius 2 is 2.00 bits per heavy atom. The highest BCUT2D eigenvalue weighted by atomic mass is 16.5. The van der Waals surface area contributed by atoms with Crippen LogP contribution in [0.25, 0.3) is 0 Å². The maximum absolute atomic E-state index is 11.8. The minimum atomic E-state index is 0.197. The SMILES string of the molecule is O=C(CC1CC1)NC1CCC(Oc2cnccn2)CC1. The zero-order valence-electron chi connectivity index (χ0n) is 11.6. The van der Waals surface area contributed by atoms with Crippen molar-refractivity contribution in [3.63, 3.8) is 0 Å². The van der Waals surface area contributed by atoms with Crippen molar-refractivity contribution in [1.29, 1.82) is 0 Å². The van der Waals surface area contributed by atoms with E-state index in [1.807, 2.05) is 0 Å². The summed E-state index contributed by atoms with van der Waals surface area (Å²) in [5.41, 5.74) is 0. The Labute approximate surface area is 119 Å². The first-order valence-corrected chi connectivity index (χ1v) is 7.51. The number of ether oxygens (including phenoxy) is 1. The van der Waals surface area contributed by atoms with E-state index in [1.54, 1.807) is 18.6 Å². The van der Waals surface area contributed by atoms with E-state index in [1.165, 1.54) is 12.8 Å². The highest BCUT2D eigenvalue weighted by Gasteiger charge is 2.27. The third-order valence-electron chi connectivity index (χ3n) is 4.04. The number of nitrogens with zero attached hydrogens (tertiary/aromatic N) is 2. The van der Waals surface area contributed by atoms with Crippen molar-refractivity contribution in [2.75, 3.05) is 0 Å². The fourth-order valence-electron chi connectivity index (χ4n) is 2.71. The van der Waals surface area contributed by atoms with E-state index in [4.69, 9.17) is 4.74 Å². The van der Waals surface area contributed by atoms with E-state index in [0.717, 1.165) is 32.1 Å². The summed E-state index contributed by atoms with van der Waals surface area (Å²) in [5, 5.41) is 3.15. The van der Waals surface area contributed by atoms with Crippen molar-refractivity contribution < 1.29 is 9.53 Å². The highest BCUT2D eigenvalue weighted by molar-refractivity contribution is 5.76. The fourth-order valence-corrected chi connectivity index (χ4v) is 2.71. The molecule has 0 radical (unpaired) electrons. The maximum atomic E-state index is 11.8. The van der Waals surface area contributed by atoms with Gasteiger partial charge in [-0.2, -0.15) is 0 Å². The predicted molar refractivity (Wildman–Crippen MR) is 74.2 cm³/mol. The third-order valence-corrected chi connectivity index (χ3v) is 4.04. The fraction of sp³-hybridized carbons (Fsp3) is 0.667. The average Bonchev–Trinajstić information content (AvgIpc) is 3.26. The summed E-state index contributed by atoms with van der Waals surface area (Å²) in [5.74, 6) is 1.48. The van der Waals surface area contributed by atoms with Gasteiger partial charge in [0, 0.05) is 24.9 Å². The number of carbonyl (C=O) groups is 1. The van der Waals surface area contributed by atoms with Gasteiger partial charge in [-0.15, -0.1) is 0 Å². The number of hydrogen-bond acceptors (Lipinski definition) is 4. The van der Waals surface area contributed by atoms with Crippen LogP contribution in [-0.4, -0.2) is 28.0 Å². The van der Waals surface area contributed by atoms with E-state index in [9.17, 15) is 4.79 Å². The second-order valence-corrected chi connectivity index (χ2v) is 5.85. The van der Waals surface area contributed by atoms with Gasteiger partial charge in [-0.05, 0) is 44.4 Å². The number of aromatic nitrogens is 2. The topological polar surface area (TPSA) is 64.1 Å². The molecule has 108 valence electrons. The second-order valence-electron chi connectivity index (χ2n) is 5.85. The molecule has 1 amide bonds. The summed E-state index contributed by atoms with van der Waals surface area (Å²) in [6, 6.07) is 0.322. The average molecular weight is 275 g/mol. The molecule has 0 aliphatic heterocycles. The van der Waals surface area contributed by atoms with Crippen LogP contribution in [0.2, 0.25) is 0 Å². The third kappa shape index (κ3) is 3.92. The highest BCUT2D eigenvalue weighted by Crippen LogP contribution is 2.32. The molecule has 5 nitrogen and oxygen atoms in total. The Hall–Kier alpha value is -1.65. The van der Waals surface area contributed by atoms with Crippen LogP contribution in [-0.2, 0) is 4.79 Å². The number of hydrogen-bond donors (Lipinski definition) is 1. The molecule has 5 heteroatoms. The molecule has 0 bridgehead atoms. The molecule has 20 heavy (non-hydrogen) atoms. The number of carbonyl (C=O) groups excluding carboxylic acids is 1. The van der Waals surface area contributed by atoms with Gasteiger partial charge >= 0.3 is 0 Å².